The predicted octanol–water partition coefficient (Wildman–Crippen LogP) is 2.42. The number of halogens is 1. The molecule has 1 aliphatic carbocycles. The van der Waals surface area contributed by atoms with Crippen molar-refractivity contribution in [2.24, 2.45) is 5.73 Å². The normalized spacial score (nSPS) is 22.4. The molecule has 0 bridgehead atoms. The molecule has 0 heterocycles. The third-order valence-electron chi connectivity index (χ3n) is 3.63. The highest BCUT2D eigenvalue weighted by Gasteiger charge is 2.26. The molecule has 2 atom stereocenters. The smallest absolute Gasteiger partial charge is 0.295 e. The highest BCUT2D eigenvalue weighted by Crippen LogP contribution is 2.33. The van der Waals surface area contributed by atoms with Crippen molar-refractivity contribution in [1.82, 2.24) is 0 Å². The monoisotopic (exact) mass is 283 g/mol. The molecule has 1 fully saturated rings. The lowest BCUT2D eigenvalue weighted by atomic mass is 9.91. The second-order valence-corrected chi connectivity index (χ2v) is 4.96. The lowest BCUT2D eigenvalue weighted by molar-refractivity contribution is -0.384. The van der Waals surface area contributed by atoms with Crippen LogP contribution in [0.4, 0.5) is 15.8 Å². The van der Waals surface area contributed by atoms with Crippen molar-refractivity contribution in [2.75, 3.05) is 12.4 Å². The van der Waals surface area contributed by atoms with Crippen LogP contribution in [0.2, 0.25) is 0 Å². The first-order chi connectivity index (χ1) is 9.52. The fraction of sp³-hybridized carbons (Fsp3) is 0.538. The summed E-state index contributed by atoms with van der Waals surface area (Å²) in [5.41, 5.74) is 5.96. The Hall–Kier alpha value is -1.89. The Bertz CT molecular complexity index is 510. The zero-order chi connectivity index (χ0) is 14.7. The van der Waals surface area contributed by atoms with Gasteiger partial charge in [-0.1, -0.05) is 12.8 Å². The van der Waals surface area contributed by atoms with E-state index >= 15 is 0 Å². The van der Waals surface area contributed by atoms with Crippen LogP contribution in [-0.4, -0.2) is 24.1 Å². The van der Waals surface area contributed by atoms with Crippen LogP contribution in [-0.2, 0) is 0 Å². The molecule has 0 amide bonds. The lowest BCUT2D eigenvalue weighted by Gasteiger charge is -2.30. The number of methoxy groups -OCH3 is 1. The summed E-state index contributed by atoms with van der Waals surface area (Å²) in [6, 6.07) is 2.08. The van der Waals surface area contributed by atoms with Crippen LogP contribution in [0.1, 0.15) is 25.7 Å². The molecule has 7 heteroatoms. The molecule has 1 aromatic carbocycles. The van der Waals surface area contributed by atoms with Crippen LogP contribution >= 0.6 is 0 Å². The maximum absolute atomic E-state index is 13.6. The van der Waals surface area contributed by atoms with E-state index in [-0.39, 0.29) is 29.2 Å². The number of benzene rings is 1. The van der Waals surface area contributed by atoms with E-state index in [1.54, 1.807) is 0 Å². The van der Waals surface area contributed by atoms with Gasteiger partial charge in [0, 0.05) is 18.2 Å². The van der Waals surface area contributed by atoms with Crippen molar-refractivity contribution >= 4 is 11.4 Å². The SMILES string of the molecule is COc1cc(N[C@@H]2CCCC[C@H]2N)c([N+](=O)[O-])cc1F. The van der Waals surface area contributed by atoms with Crippen LogP contribution in [0.5, 0.6) is 5.75 Å². The Morgan fingerprint density at radius 3 is 2.75 bits per heavy atom. The van der Waals surface area contributed by atoms with Crippen LogP contribution in [0.25, 0.3) is 0 Å². The van der Waals surface area contributed by atoms with Crippen molar-refractivity contribution in [1.29, 1.82) is 0 Å². The number of nitro groups is 1. The molecule has 0 unspecified atom stereocenters. The molecule has 1 saturated carbocycles. The molecule has 1 aliphatic rings. The summed E-state index contributed by atoms with van der Waals surface area (Å²) in [6.45, 7) is 0. The van der Waals surface area contributed by atoms with Crippen molar-refractivity contribution in [3.63, 3.8) is 0 Å². The zero-order valence-corrected chi connectivity index (χ0v) is 11.3. The Balaban J connectivity index is 2.30. The van der Waals surface area contributed by atoms with Crippen molar-refractivity contribution in [3.05, 3.63) is 28.1 Å². The molecular formula is C13H18FN3O3. The van der Waals surface area contributed by atoms with Gasteiger partial charge in [-0.05, 0) is 12.8 Å². The highest BCUT2D eigenvalue weighted by atomic mass is 19.1. The summed E-state index contributed by atoms with van der Waals surface area (Å²) in [5, 5.41) is 14.1. The largest absolute Gasteiger partial charge is 0.494 e. The number of nitrogens with two attached hydrogens (primary N) is 1. The van der Waals surface area contributed by atoms with E-state index in [0.29, 0.717) is 0 Å². The van der Waals surface area contributed by atoms with Gasteiger partial charge in [-0.15, -0.1) is 0 Å². The molecule has 0 saturated heterocycles. The van der Waals surface area contributed by atoms with Crippen molar-refractivity contribution in [2.45, 2.75) is 37.8 Å². The van der Waals surface area contributed by atoms with Gasteiger partial charge in [0.1, 0.15) is 5.69 Å². The molecule has 0 aromatic heterocycles. The number of nitrogens with zero attached hydrogens (tertiary/aromatic N) is 1. The van der Waals surface area contributed by atoms with Gasteiger partial charge >= 0.3 is 0 Å². The number of hydrogen-bond donors (Lipinski definition) is 2. The molecule has 1 aromatic rings. The second-order valence-electron chi connectivity index (χ2n) is 4.96. The molecule has 110 valence electrons. The maximum atomic E-state index is 13.6. The minimum atomic E-state index is -0.752. The quantitative estimate of drug-likeness (QED) is 0.654. The average molecular weight is 283 g/mol. The number of nitro benzene ring substituents is 1. The molecule has 6 nitrogen and oxygen atoms in total. The summed E-state index contributed by atoms with van der Waals surface area (Å²) in [7, 11) is 1.32. The first-order valence-corrected chi connectivity index (χ1v) is 6.57. The third-order valence-corrected chi connectivity index (χ3v) is 3.63. The minimum Gasteiger partial charge on any atom is -0.494 e. The Morgan fingerprint density at radius 1 is 1.45 bits per heavy atom. The van der Waals surface area contributed by atoms with Gasteiger partial charge in [0.2, 0.25) is 0 Å². The summed E-state index contributed by atoms with van der Waals surface area (Å²) in [6.07, 6.45) is 3.81. The molecule has 0 spiro atoms. The number of nitrogens with one attached hydrogen (secondary N) is 1. The number of hydrogen-bond acceptors (Lipinski definition) is 5. The number of rotatable bonds is 4. The van der Waals surface area contributed by atoms with E-state index in [1.807, 2.05) is 0 Å². The molecule has 20 heavy (non-hydrogen) atoms. The van der Waals surface area contributed by atoms with Crippen LogP contribution in [0.15, 0.2) is 12.1 Å². The second kappa shape index (κ2) is 6.04. The fourth-order valence-corrected chi connectivity index (χ4v) is 2.50. The van der Waals surface area contributed by atoms with Gasteiger partial charge in [0.15, 0.2) is 11.6 Å². The van der Waals surface area contributed by atoms with E-state index in [4.69, 9.17) is 10.5 Å². The first kappa shape index (κ1) is 14.5. The number of anilines is 1. The molecule has 0 aliphatic heterocycles. The molecular weight excluding hydrogens is 265 g/mol. The molecule has 0 radical (unpaired) electrons. The van der Waals surface area contributed by atoms with Crippen LogP contribution < -0.4 is 15.8 Å². The Kier molecular flexibility index (Phi) is 4.39. The van der Waals surface area contributed by atoms with Crippen LogP contribution in [0, 0.1) is 15.9 Å². The summed E-state index contributed by atoms with van der Waals surface area (Å²) in [5.74, 6) is -0.778. The van der Waals surface area contributed by atoms with E-state index < -0.39 is 10.7 Å². The van der Waals surface area contributed by atoms with Crippen LogP contribution in [0.3, 0.4) is 0 Å². The van der Waals surface area contributed by atoms with Gasteiger partial charge in [0.25, 0.3) is 5.69 Å². The predicted molar refractivity (Wildman–Crippen MR) is 73.5 cm³/mol. The summed E-state index contributed by atoms with van der Waals surface area (Å²) in [4.78, 5) is 10.4. The standard InChI is InChI=1S/C13H18FN3O3/c1-20-13-7-11(12(17(18)19)6-8(13)14)16-10-5-3-2-4-9(10)15/h6-7,9-10,16H,2-5,15H2,1H3/t9-,10-/m1/s1. The maximum Gasteiger partial charge on any atom is 0.295 e. The van der Waals surface area contributed by atoms with Gasteiger partial charge < -0.3 is 15.8 Å². The molecule has 3 N–H and O–H groups in total. The van der Waals surface area contributed by atoms with E-state index in [9.17, 15) is 14.5 Å². The minimum absolute atomic E-state index is 0.0255. The van der Waals surface area contributed by atoms with E-state index in [0.717, 1.165) is 31.7 Å². The summed E-state index contributed by atoms with van der Waals surface area (Å²) >= 11 is 0. The summed E-state index contributed by atoms with van der Waals surface area (Å²) < 4.78 is 18.4. The van der Waals surface area contributed by atoms with E-state index in [1.165, 1.54) is 13.2 Å². The number of ether oxygens (including phenoxy) is 1. The van der Waals surface area contributed by atoms with E-state index in [2.05, 4.69) is 5.32 Å². The van der Waals surface area contributed by atoms with Gasteiger partial charge in [0.05, 0.1) is 18.1 Å². The average Bonchev–Trinajstić information content (AvgIpc) is 2.42. The Labute approximate surface area is 116 Å². The zero-order valence-electron chi connectivity index (χ0n) is 11.3. The van der Waals surface area contributed by atoms with Gasteiger partial charge in [-0.25, -0.2) is 4.39 Å². The van der Waals surface area contributed by atoms with Crippen molar-refractivity contribution < 1.29 is 14.1 Å². The van der Waals surface area contributed by atoms with Gasteiger partial charge in [-0.3, -0.25) is 10.1 Å². The van der Waals surface area contributed by atoms with Crippen molar-refractivity contribution in [3.8, 4) is 5.75 Å². The third kappa shape index (κ3) is 2.98. The highest BCUT2D eigenvalue weighted by molar-refractivity contribution is 5.65. The van der Waals surface area contributed by atoms with Gasteiger partial charge in [-0.2, -0.15) is 0 Å². The Morgan fingerprint density at radius 2 is 2.15 bits per heavy atom. The first-order valence-electron chi connectivity index (χ1n) is 6.57. The lowest BCUT2D eigenvalue weighted by Crippen LogP contribution is -2.42. The topological polar surface area (TPSA) is 90.4 Å². The fourth-order valence-electron chi connectivity index (χ4n) is 2.50. The molecule has 2 rings (SSSR count).